The summed E-state index contributed by atoms with van der Waals surface area (Å²) in [5.74, 6) is -0.229. The largest absolute Gasteiger partial charge is 0.355 e. The van der Waals surface area contributed by atoms with Gasteiger partial charge in [-0.2, -0.15) is 0 Å². The molecule has 2 fully saturated rings. The summed E-state index contributed by atoms with van der Waals surface area (Å²) in [6.07, 6.45) is 9.25. The summed E-state index contributed by atoms with van der Waals surface area (Å²) < 4.78 is 0. The predicted octanol–water partition coefficient (Wildman–Crippen LogP) is 4.96. The normalized spacial score (nSPS) is 24.1. The Bertz CT molecular complexity index is 948. The van der Waals surface area contributed by atoms with E-state index in [9.17, 15) is 9.59 Å². The first-order chi connectivity index (χ1) is 16.2. The minimum absolute atomic E-state index is 0.0509. The summed E-state index contributed by atoms with van der Waals surface area (Å²) >= 11 is 1.66. The third-order valence-corrected chi connectivity index (χ3v) is 8.55. The Morgan fingerprint density at radius 1 is 1.00 bits per heavy atom. The molecule has 2 atom stereocenters. The molecule has 3 heterocycles. The smallest absolute Gasteiger partial charge is 0.254 e. The molecule has 5 nitrogen and oxygen atoms in total. The number of rotatable bonds is 7. The Morgan fingerprint density at radius 2 is 1.79 bits per heavy atom. The predicted molar refractivity (Wildman–Crippen MR) is 133 cm³/mol. The minimum atomic E-state index is -0.367. The molecule has 1 aliphatic carbocycles. The molecule has 0 radical (unpaired) electrons. The molecule has 0 spiro atoms. The van der Waals surface area contributed by atoms with Crippen molar-refractivity contribution < 1.29 is 9.59 Å². The molecule has 5 rings (SSSR count). The van der Waals surface area contributed by atoms with E-state index in [1.807, 2.05) is 30.3 Å². The van der Waals surface area contributed by atoms with Gasteiger partial charge in [-0.05, 0) is 74.8 Å². The van der Waals surface area contributed by atoms with Gasteiger partial charge in [0.2, 0.25) is 5.91 Å². The Hall–Kier alpha value is -2.18. The molecule has 1 N–H and O–H groups in total. The van der Waals surface area contributed by atoms with Crippen LogP contribution < -0.4 is 5.32 Å². The van der Waals surface area contributed by atoms with Crippen LogP contribution in [0, 0.1) is 0 Å². The van der Waals surface area contributed by atoms with Crippen molar-refractivity contribution >= 4 is 23.2 Å². The lowest BCUT2D eigenvalue weighted by molar-refractivity contribution is -0.124. The summed E-state index contributed by atoms with van der Waals surface area (Å²) in [7, 11) is 0. The zero-order chi connectivity index (χ0) is 22.6. The summed E-state index contributed by atoms with van der Waals surface area (Å²) in [6, 6.07) is 11.9. The van der Waals surface area contributed by atoms with Gasteiger partial charge >= 0.3 is 0 Å². The van der Waals surface area contributed by atoms with Gasteiger partial charge in [0.25, 0.3) is 5.91 Å². The topological polar surface area (TPSA) is 52.7 Å². The number of thiophene rings is 1. The molecule has 3 aliphatic rings. The monoisotopic (exact) mass is 465 g/mol. The van der Waals surface area contributed by atoms with Crippen molar-refractivity contribution in [3.63, 3.8) is 0 Å². The molecule has 1 aromatic heterocycles. The fraction of sp³-hybridized carbons (Fsp3) is 0.556. The maximum Gasteiger partial charge on any atom is 0.254 e. The number of carbonyl (C=O) groups is 2. The molecule has 0 unspecified atom stereocenters. The number of carbonyl (C=O) groups excluding carboxylic acids is 2. The summed E-state index contributed by atoms with van der Waals surface area (Å²) in [4.78, 5) is 33.1. The van der Waals surface area contributed by atoms with Crippen molar-refractivity contribution in [3.8, 4) is 0 Å². The van der Waals surface area contributed by atoms with Crippen molar-refractivity contribution in [3.05, 3.63) is 57.8 Å². The van der Waals surface area contributed by atoms with E-state index < -0.39 is 0 Å². The number of nitrogens with one attached hydrogen (secondary N) is 1. The quantitative estimate of drug-likeness (QED) is 0.588. The second-order valence-electron chi connectivity index (χ2n) is 9.72. The van der Waals surface area contributed by atoms with Crippen LogP contribution in [0.15, 0.2) is 41.8 Å². The van der Waals surface area contributed by atoms with Crippen LogP contribution in [0.5, 0.6) is 0 Å². The summed E-state index contributed by atoms with van der Waals surface area (Å²) in [6.45, 7) is 4.09. The highest BCUT2D eigenvalue weighted by molar-refractivity contribution is 7.10. The molecule has 0 bridgehead atoms. The van der Waals surface area contributed by atoms with Crippen LogP contribution in [-0.4, -0.2) is 53.8 Å². The zero-order valence-corrected chi connectivity index (χ0v) is 20.2. The first-order valence-electron chi connectivity index (χ1n) is 12.7. The minimum Gasteiger partial charge on any atom is -0.355 e. The number of fused-ring (bicyclic) bond motifs is 1. The van der Waals surface area contributed by atoms with E-state index in [0.29, 0.717) is 12.1 Å². The number of benzene rings is 1. The lowest BCUT2D eigenvalue weighted by Crippen LogP contribution is -2.50. The van der Waals surface area contributed by atoms with Gasteiger partial charge in [-0.15, -0.1) is 11.3 Å². The standard InChI is InChI=1S/C27H35N3O2S/c31-26(28-15-9-18-29-16-6-1-7-17-29)24-21-12-4-5-13-22(21)27(32)30(20-10-2-3-11-20)25(24)23-14-8-19-33-23/h4-5,8,12-14,19-20,24-25H,1-3,6-7,9-11,15-18H2,(H,28,31)/t24-,25-/m1/s1. The molecular weight excluding hydrogens is 430 g/mol. The number of nitrogens with zero attached hydrogens (tertiary/aromatic N) is 2. The van der Waals surface area contributed by atoms with Crippen molar-refractivity contribution in [1.29, 1.82) is 0 Å². The SMILES string of the molecule is O=C(NCCCN1CCCCC1)[C@@H]1c2ccccc2C(=O)N(C2CCCC2)[C@@H]1c1cccs1. The van der Waals surface area contributed by atoms with E-state index in [2.05, 4.69) is 26.6 Å². The molecule has 176 valence electrons. The van der Waals surface area contributed by atoms with Crippen LogP contribution in [0.3, 0.4) is 0 Å². The van der Waals surface area contributed by atoms with Crippen LogP contribution in [0.25, 0.3) is 0 Å². The van der Waals surface area contributed by atoms with Crippen molar-refractivity contribution in [2.75, 3.05) is 26.2 Å². The van der Waals surface area contributed by atoms with Crippen molar-refractivity contribution in [1.82, 2.24) is 15.1 Å². The third-order valence-electron chi connectivity index (χ3n) is 7.61. The molecule has 1 aromatic carbocycles. The lowest BCUT2D eigenvalue weighted by Gasteiger charge is -2.44. The van der Waals surface area contributed by atoms with Gasteiger partial charge in [0.05, 0.1) is 12.0 Å². The highest BCUT2D eigenvalue weighted by Crippen LogP contribution is 2.47. The van der Waals surface area contributed by atoms with Gasteiger partial charge in [0.15, 0.2) is 0 Å². The number of hydrogen-bond donors (Lipinski definition) is 1. The second-order valence-corrected chi connectivity index (χ2v) is 10.7. The first kappa shape index (κ1) is 22.6. The Kier molecular flexibility index (Phi) is 7.12. The Balaban J connectivity index is 1.39. The van der Waals surface area contributed by atoms with Gasteiger partial charge in [0.1, 0.15) is 0 Å². The fourth-order valence-corrected chi connectivity index (χ4v) is 6.85. The van der Waals surface area contributed by atoms with E-state index in [1.165, 1.54) is 32.4 Å². The highest BCUT2D eigenvalue weighted by atomic mass is 32.1. The van der Waals surface area contributed by atoms with Gasteiger partial charge in [-0.1, -0.05) is 43.5 Å². The summed E-state index contributed by atoms with van der Waals surface area (Å²) in [5.41, 5.74) is 1.58. The zero-order valence-electron chi connectivity index (χ0n) is 19.4. The maximum absolute atomic E-state index is 13.7. The van der Waals surface area contributed by atoms with Gasteiger partial charge in [-0.25, -0.2) is 0 Å². The Labute approximate surface area is 201 Å². The number of likely N-dealkylation sites (tertiary alicyclic amines) is 1. The molecule has 2 aliphatic heterocycles. The van der Waals surface area contributed by atoms with Crippen LogP contribution in [0.2, 0.25) is 0 Å². The maximum atomic E-state index is 13.7. The molecule has 1 saturated carbocycles. The molecule has 6 heteroatoms. The average molecular weight is 466 g/mol. The van der Waals surface area contributed by atoms with Crippen molar-refractivity contribution in [2.24, 2.45) is 0 Å². The van der Waals surface area contributed by atoms with Crippen molar-refractivity contribution in [2.45, 2.75) is 69.4 Å². The van der Waals surface area contributed by atoms with Crippen LogP contribution in [-0.2, 0) is 4.79 Å². The third kappa shape index (κ3) is 4.73. The number of piperidine rings is 1. The van der Waals surface area contributed by atoms with E-state index in [0.717, 1.165) is 49.1 Å². The van der Waals surface area contributed by atoms with E-state index >= 15 is 0 Å². The van der Waals surface area contributed by atoms with Crippen LogP contribution in [0.4, 0.5) is 0 Å². The molecule has 2 amide bonds. The number of amides is 2. The van der Waals surface area contributed by atoms with Gasteiger partial charge < -0.3 is 15.1 Å². The van der Waals surface area contributed by atoms with E-state index in [1.54, 1.807) is 11.3 Å². The van der Waals surface area contributed by atoms with E-state index in [4.69, 9.17) is 0 Å². The van der Waals surface area contributed by atoms with Gasteiger partial charge in [0, 0.05) is 23.0 Å². The second kappa shape index (κ2) is 10.4. The van der Waals surface area contributed by atoms with Crippen LogP contribution in [0.1, 0.15) is 84.1 Å². The molecule has 33 heavy (non-hydrogen) atoms. The van der Waals surface area contributed by atoms with E-state index in [-0.39, 0.29) is 29.8 Å². The molecular formula is C27H35N3O2S. The molecule has 2 aromatic rings. The number of hydrogen-bond acceptors (Lipinski definition) is 4. The highest BCUT2D eigenvalue weighted by Gasteiger charge is 2.47. The van der Waals surface area contributed by atoms with Crippen LogP contribution >= 0.6 is 11.3 Å². The van der Waals surface area contributed by atoms with Gasteiger partial charge in [-0.3, -0.25) is 9.59 Å². The first-order valence-corrected chi connectivity index (χ1v) is 13.6. The average Bonchev–Trinajstić information content (AvgIpc) is 3.57. The Morgan fingerprint density at radius 3 is 2.55 bits per heavy atom. The summed E-state index contributed by atoms with van der Waals surface area (Å²) in [5, 5.41) is 5.31. The molecule has 1 saturated heterocycles. The fourth-order valence-electron chi connectivity index (χ4n) is 5.99. The lowest BCUT2D eigenvalue weighted by atomic mass is 9.80.